The van der Waals surface area contributed by atoms with Crippen LogP contribution in [0.3, 0.4) is 0 Å². The van der Waals surface area contributed by atoms with Crippen LogP contribution in [0.2, 0.25) is 0 Å². The fourth-order valence-corrected chi connectivity index (χ4v) is 0.997. The zero-order valence-electron chi connectivity index (χ0n) is 8.71. The highest BCUT2D eigenvalue weighted by atomic mass is 16.5. The van der Waals surface area contributed by atoms with E-state index in [0.717, 1.165) is 19.3 Å². The second-order valence-electron chi connectivity index (χ2n) is 3.40. The Kier molecular flexibility index (Phi) is 7.36. The van der Waals surface area contributed by atoms with Crippen molar-refractivity contribution in [1.29, 1.82) is 0 Å². The topological polar surface area (TPSA) is 26.3 Å². The SMILES string of the molecule is C=CCCC(C)COC(=O)CCC. The van der Waals surface area contributed by atoms with Gasteiger partial charge in [0.2, 0.25) is 0 Å². The molecule has 13 heavy (non-hydrogen) atoms. The Balaban J connectivity index is 3.39. The third-order valence-corrected chi connectivity index (χ3v) is 1.85. The zero-order valence-corrected chi connectivity index (χ0v) is 8.71. The highest BCUT2D eigenvalue weighted by molar-refractivity contribution is 5.69. The van der Waals surface area contributed by atoms with Gasteiger partial charge >= 0.3 is 5.97 Å². The summed E-state index contributed by atoms with van der Waals surface area (Å²) in [5.41, 5.74) is 0. The van der Waals surface area contributed by atoms with Gasteiger partial charge in [-0.15, -0.1) is 6.58 Å². The van der Waals surface area contributed by atoms with Crippen molar-refractivity contribution in [3.05, 3.63) is 12.7 Å². The predicted molar refractivity (Wildman–Crippen MR) is 54.5 cm³/mol. The molecule has 0 aromatic rings. The van der Waals surface area contributed by atoms with Crippen LogP contribution in [-0.2, 0) is 9.53 Å². The van der Waals surface area contributed by atoms with Crippen molar-refractivity contribution in [2.24, 2.45) is 5.92 Å². The maximum Gasteiger partial charge on any atom is 0.305 e. The molecule has 76 valence electrons. The normalized spacial score (nSPS) is 12.2. The molecule has 2 heteroatoms. The second kappa shape index (κ2) is 7.84. The molecule has 0 fully saturated rings. The summed E-state index contributed by atoms with van der Waals surface area (Å²) in [4.78, 5) is 11.0. The van der Waals surface area contributed by atoms with Crippen LogP contribution in [0.25, 0.3) is 0 Å². The third kappa shape index (κ3) is 7.57. The van der Waals surface area contributed by atoms with Gasteiger partial charge in [-0.3, -0.25) is 4.79 Å². The Bertz CT molecular complexity index is 152. The van der Waals surface area contributed by atoms with E-state index in [2.05, 4.69) is 13.5 Å². The Morgan fingerprint density at radius 1 is 1.62 bits per heavy atom. The van der Waals surface area contributed by atoms with E-state index in [0.29, 0.717) is 18.9 Å². The number of carbonyl (C=O) groups is 1. The lowest BCUT2D eigenvalue weighted by atomic mass is 10.1. The molecule has 0 amide bonds. The first-order valence-electron chi connectivity index (χ1n) is 4.97. The summed E-state index contributed by atoms with van der Waals surface area (Å²) in [6, 6.07) is 0. The highest BCUT2D eigenvalue weighted by Crippen LogP contribution is 2.06. The van der Waals surface area contributed by atoms with Crippen LogP contribution in [0.5, 0.6) is 0 Å². The fourth-order valence-electron chi connectivity index (χ4n) is 0.997. The predicted octanol–water partition coefficient (Wildman–Crippen LogP) is 2.93. The minimum absolute atomic E-state index is 0.0760. The van der Waals surface area contributed by atoms with Gasteiger partial charge in [0.1, 0.15) is 0 Å². The van der Waals surface area contributed by atoms with Gasteiger partial charge in [0.15, 0.2) is 0 Å². The van der Waals surface area contributed by atoms with Gasteiger partial charge in [-0.2, -0.15) is 0 Å². The first-order valence-corrected chi connectivity index (χ1v) is 4.97. The molecule has 0 rings (SSSR count). The number of esters is 1. The summed E-state index contributed by atoms with van der Waals surface area (Å²) in [5.74, 6) is 0.367. The largest absolute Gasteiger partial charge is 0.465 e. The second-order valence-corrected chi connectivity index (χ2v) is 3.40. The summed E-state index contributed by atoms with van der Waals surface area (Å²) < 4.78 is 5.07. The summed E-state index contributed by atoms with van der Waals surface area (Å²) in [6.07, 6.45) is 5.33. The molecule has 0 bridgehead atoms. The number of ether oxygens (including phenoxy) is 1. The standard InChI is InChI=1S/C11H20O2/c1-4-6-8-10(3)9-13-11(12)7-5-2/h4,10H,1,5-9H2,2-3H3. The summed E-state index contributed by atoms with van der Waals surface area (Å²) in [6.45, 7) is 8.26. The first-order chi connectivity index (χ1) is 6.20. The van der Waals surface area contributed by atoms with Gasteiger partial charge in [0, 0.05) is 6.42 Å². The van der Waals surface area contributed by atoms with Crippen LogP contribution < -0.4 is 0 Å². The van der Waals surface area contributed by atoms with E-state index in [1.54, 1.807) is 0 Å². The molecule has 0 aromatic carbocycles. The number of hydrogen-bond acceptors (Lipinski definition) is 2. The molecule has 1 unspecified atom stereocenters. The number of hydrogen-bond donors (Lipinski definition) is 0. The molecule has 0 aliphatic carbocycles. The number of allylic oxidation sites excluding steroid dienone is 1. The minimum Gasteiger partial charge on any atom is -0.465 e. The lowest BCUT2D eigenvalue weighted by Crippen LogP contribution is -2.11. The Hall–Kier alpha value is -0.790. The van der Waals surface area contributed by atoms with Crippen LogP contribution in [0.1, 0.15) is 39.5 Å². The van der Waals surface area contributed by atoms with Gasteiger partial charge in [0.25, 0.3) is 0 Å². The van der Waals surface area contributed by atoms with Gasteiger partial charge in [-0.1, -0.05) is 19.9 Å². The van der Waals surface area contributed by atoms with Crippen molar-refractivity contribution in [3.63, 3.8) is 0 Å². The van der Waals surface area contributed by atoms with E-state index in [1.165, 1.54) is 0 Å². The van der Waals surface area contributed by atoms with Crippen LogP contribution in [0.4, 0.5) is 0 Å². The minimum atomic E-state index is -0.0760. The third-order valence-electron chi connectivity index (χ3n) is 1.85. The van der Waals surface area contributed by atoms with Gasteiger partial charge < -0.3 is 4.74 Å². The average Bonchev–Trinajstić information content (AvgIpc) is 2.12. The molecule has 0 aromatic heterocycles. The quantitative estimate of drug-likeness (QED) is 0.449. The Morgan fingerprint density at radius 3 is 2.85 bits per heavy atom. The summed E-state index contributed by atoms with van der Waals surface area (Å²) >= 11 is 0. The van der Waals surface area contributed by atoms with E-state index in [4.69, 9.17) is 4.74 Å². The van der Waals surface area contributed by atoms with E-state index < -0.39 is 0 Å². The van der Waals surface area contributed by atoms with E-state index in [9.17, 15) is 4.79 Å². The van der Waals surface area contributed by atoms with Crippen molar-refractivity contribution >= 4 is 5.97 Å². The molecule has 2 nitrogen and oxygen atoms in total. The lowest BCUT2D eigenvalue weighted by Gasteiger charge is -2.10. The molecule has 0 aliphatic heterocycles. The van der Waals surface area contributed by atoms with Crippen LogP contribution >= 0.6 is 0 Å². The van der Waals surface area contributed by atoms with Gasteiger partial charge in [-0.05, 0) is 25.2 Å². The molecule has 0 N–H and O–H groups in total. The maximum absolute atomic E-state index is 11.0. The highest BCUT2D eigenvalue weighted by Gasteiger charge is 2.05. The van der Waals surface area contributed by atoms with Crippen LogP contribution in [0, 0.1) is 5.92 Å². The summed E-state index contributed by atoms with van der Waals surface area (Å²) in [5, 5.41) is 0. The number of rotatable bonds is 7. The molecule has 0 saturated heterocycles. The van der Waals surface area contributed by atoms with E-state index >= 15 is 0 Å². The van der Waals surface area contributed by atoms with Gasteiger partial charge in [-0.25, -0.2) is 0 Å². The molecule has 0 spiro atoms. The van der Waals surface area contributed by atoms with E-state index in [-0.39, 0.29) is 5.97 Å². The molecule has 0 radical (unpaired) electrons. The smallest absolute Gasteiger partial charge is 0.305 e. The molecule has 0 aliphatic rings. The maximum atomic E-state index is 11.0. The van der Waals surface area contributed by atoms with E-state index in [1.807, 2.05) is 13.0 Å². The average molecular weight is 184 g/mol. The monoisotopic (exact) mass is 184 g/mol. The van der Waals surface area contributed by atoms with Crippen LogP contribution in [0.15, 0.2) is 12.7 Å². The lowest BCUT2D eigenvalue weighted by molar-refractivity contribution is -0.144. The van der Waals surface area contributed by atoms with Crippen molar-refractivity contribution in [2.75, 3.05) is 6.61 Å². The van der Waals surface area contributed by atoms with Gasteiger partial charge in [0.05, 0.1) is 6.61 Å². The van der Waals surface area contributed by atoms with Crippen molar-refractivity contribution < 1.29 is 9.53 Å². The number of carbonyl (C=O) groups excluding carboxylic acids is 1. The van der Waals surface area contributed by atoms with Crippen LogP contribution in [-0.4, -0.2) is 12.6 Å². The molecular weight excluding hydrogens is 164 g/mol. The molecule has 1 atom stereocenters. The molecular formula is C11H20O2. The Labute approximate surface area is 81.0 Å². The Morgan fingerprint density at radius 2 is 2.31 bits per heavy atom. The molecule has 0 saturated carbocycles. The van der Waals surface area contributed by atoms with Crippen molar-refractivity contribution in [1.82, 2.24) is 0 Å². The first kappa shape index (κ1) is 12.2. The fraction of sp³-hybridized carbons (Fsp3) is 0.727. The van der Waals surface area contributed by atoms with Crippen molar-refractivity contribution in [3.8, 4) is 0 Å². The summed E-state index contributed by atoms with van der Waals surface area (Å²) in [7, 11) is 0. The zero-order chi connectivity index (χ0) is 10.1. The molecule has 0 heterocycles. The van der Waals surface area contributed by atoms with Crippen molar-refractivity contribution in [2.45, 2.75) is 39.5 Å².